The Morgan fingerprint density at radius 1 is 1.14 bits per heavy atom. The van der Waals surface area contributed by atoms with E-state index in [0.717, 1.165) is 28.5 Å². The van der Waals surface area contributed by atoms with Crippen LogP contribution in [-0.2, 0) is 9.16 Å². The van der Waals surface area contributed by atoms with Gasteiger partial charge in [-0.2, -0.15) is 0 Å². The number of ether oxygens (including phenoxy) is 1. The fourth-order valence-electron chi connectivity index (χ4n) is 4.53. The molecule has 0 spiro atoms. The molecule has 2 aromatic rings. The molecule has 0 amide bonds. The first-order valence-corrected chi connectivity index (χ1v) is 18.0. The number of thiazole rings is 1. The average Bonchev–Trinajstić information content (AvgIpc) is 3.37. The smallest absolute Gasteiger partial charge is 0.357 e. The van der Waals surface area contributed by atoms with Crippen LogP contribution in [0.4, 0.5) is 0 Å². The number of hydrogen-bond acceptors (Lipinski definition) is 6. The Bertz CT molecular complexity index is 926. The normalized spacial score (nSPS) is 22.1. The molecule has 36 heavy (non-hydrogen) atoms. The van der Waals surface area contributed by atoms with Gasteiger partial charge in [-0.25, -0.2) is 9.78 Å². The summed E-state index contributed by atoms with van der Waals surface area (Å²) < 4.78 is 12.6. The quantitative estimate of drug-likeness (QED) is 0.178. The second-order valence-electron chi connectivity index (χ2n) is 11.6. The molecule has 0 saturated heterocycles. The van der Waals surface area contributed by atoms with Crippen LogP contribution in [0.5, 0.6) is 0 Å². The number of aryl methyl sites for hydroxylation is 1. The lowest BCUT2D eigenvalue weighted by Crippen LogP contribution is -2.42. The van der Waals surface area contributed by atoms with Crippen LogP contribution in [0.3, 0.4) is 0 Å². The van der Waals surface area contributed by atoms with Crippen LogP contribution in [-0.4, -0.2) is 38.2 Å². The molecule has 7 heteroatoms. The van der Waals surface area contributed by atoms with Crippen molar-refractivity contribution in [2.75, 3.05) is 19.0 Å². The molecule has 0 unspecified atom stereocenters. The molecular weight excluding hydrogens is 503 g/mol. The fraction of sp³-hybridized carbons (Fsp3) is 0.655. The van der Waals surface area contributed by atoms with Gasteiger partial charge < -0.3 is 9.16 Å². The van der Waals surface area contributed by atoms with E-state index in [0.29, 0.717) is 24.1 Å². The molecular formula is C29H47NO3S2Si. The third-order valence-corrected chi connectivity index (χ3v) is 14.3. The summed E-state index contributed by atoms with van der Waals surface area (Å²) in [5.41, 5.74) is 1.75. The number of nitrogens with zero attached hydrogens (tertiary/aromatic N) is 1. The van der Waals surface area contributed by atoms with Crippen molar-refractivity contribution in [2.45, 2.75) is 83.8 Å². The van der Waals surface area contributed by atoms with E-state index in [2.05, 4.69) is 71.8 Å². The fourth-order valence-corrected chi connectivity index (χ4v) is 7.48. The summed E-state index contributed by atoms with van der Waals surface area (Å²) >= 11 is 3.30. The largest absolute Gasteiger partial charge is 0.461 e. The van der Waals surface area contributed by atoms with Crippen LogP contribution in [0, 0.1) is 30.6 Å². The number of thioether (sulfide) groups is 1. The first-order valence-electron chi connectivity index (χ1n) is 13.3. The summed E-state index contributed by atoms with van der Waals surface area (Å²) in [6.07, 6.45) is 2.47. The highest BCUT2D eigenvalue weighted by Gasteiger charge is 2.42. The molecule has 1 saturated carbocycles. The predicted molar refractivity (Wildman–Crippen MR) is 158 cm³/mol. The first kappa shape index (κ1) is 31.1. The van der Waals surface area contributed by atoms with Crippen LogP contribution in [0.1, 0.15) is 70.4 Å². The van der Waals surface area contributed by atoms with Gasteiger partial charge in [0.15, 0.2) is 18.4 Å². The number of hydrogen-bond donors (Lipinski definition) is 0. The summed E-state index contributed by atoms with van der Waals surface area (Å²) in [5.74, 6) is 3.52. The molecule has 4 nitrogen and oxygen atoms in total. The topological polar surface area (TPSA) is 48.4 Å². The van der Waals surface area contributed by atoms with Crippen LogP contribution < -0.4 is 0 Å². The molecule has 0 bridgehead atoms. The molecule has 1 aliphatic rings. The Morgan fingerprint density at radius 3 is 2.33 bits per heavy atom. The maximum absolute atomic E-state index is 11.8. The molecule has 0 radical (unpaired) electrons. The van der Waals surface area contributed by atoms with Gasteiger partial charge in [-0.05, 0) is 68.5 Å². The van der Waals surface area contributed by atoms with E-state index >= 15 is 0 Å². The second-order valence-corrected chi connectivity index (χ2v) is 18.6. The molecule has 4 atom stereocenters. The highest BCUT2D eigenvalue weighted by atomic mass is 32.2. The van der Waals surface area contributed by atoms with E-state index in [9.17, 15) is 4.79 Å². The zero-order valence-corrected chi connectivity index (χ0v) is 26.4. The van der Waals surface area contributed by atoms with E-state index in [-0.39, 0.29) is 11.0 Å². The van der Waals surface area contributed by atoms with Crippen LogP contribution in [0.2, 0.25) is 18.1 Å². The Hall–Kier alpha value is -1.15. The number of rotatable bonds is 9. The van der Waals surface area contributed by atoms with Crippen molar-refractivity contribution in [3.05, 3.63) is 47.0 Å². The Morgan fingerprint density at radius 2 is 1.78 bits per heavy atom. The van der Waals surface area contributed by atoms with Gasteiger partial charge in [0, 0.05) is 17.7 Å². The van der Waals surface area contributed by atoms with E-state index in [1.54, 1.807) is 17.1 Å². The van der Waals surface area contributed by atoms with E-state index in [1.807, 2.05) is 25.1 Å². The van der Waals surface area contributed by atoms with Gasteiger partial charge in [0.05, 0.1) is 6.61 Å². The molecule has 1 aromatic heterocycles. The standard InChI is InChI=1S/C22H39NO3S2Si.C7H8/c1-9-25-20(24)19-14-28-21(23-19)27-11-10-17-15(2)12-16(3)18(17)13-26-29(7,8)22(4,5)6;1-7-5-3-2-4-6-7/h14-18H,9-13H2,1-8H3;2-6H,1H3/t15-,16+,17-,18-;/m0./s1. The molecule has 0 N–H and O–H groups in total. The molecule has 1 aliphatic carbocycles. The molecule has 3 rings (SSSR count). The van der Waals surface area contributed by atoms with E-state index in [4.69, 9.17) is 9.16 Å². The van der Waals surface area contributed by atoms with Crippen LogP contribution in [0.25, 0.3) is 0 Å². The van der Waals surface area contributed by atoms with Crippen molar-refractivity contribution in [1.82, 2.24) is 4.98 Å². The van der Waals surface area contributed by atoms with Crippen molar-refractivity contribution in [3.8, 4) is 0 Å². The molecule has 1 fully saturated rings. The Kier molecular flexibility index (Phi) is 12.2. The molecule has 1 aromatic carbocycles. The van der Waals surface area contributed by atoms with Crippen molar-refractivity contribution in [1.29, 1.82) is 0 Å². The van der Waals surface area contributed by atoms with Gasteiger partial charge in [-0.1, -0.05) is 82.3 Å². The van der Waals surface area contributed by atoms with Crippen molar-refractivity contribution in [3.63, 3.8) is 0 Å². The minimum absolute atomic E-state index is 0.257. The van der Waals surface area contributed by atoms with Crippen molar-refractivity contribution >= 4 is 37.4 Å². The minimum Gasteiger partial charge on any atom is -0.461 e. The van der Waals surface area contributed by atoms with Gasteiger partial charge in [-0.15, -0.1) is 11.3 Å². The number of esters is 1. The summed E-state index contributed by atoms with van der Waals surface area (Å²) in [5, 5.41) is 2.06. The van der Waals surface area contributed by atoms with Gasteiger partial charge >= 0.3 is 5.97 Å². The van der Waals surface area contributed by atoms with Gasteiger partial charge in [0.2, 0.25) is 0 Å². The molecule has 202 valence electrons. The predicted octanol–water partition coefficient (Wildman–Crippen LogP) is 8.73. The van der Waals surface area contributed by atoms with Gasteiger partial charge in [-0.3, -0.25) is 0 Å². The lowest BCUT2D eigenvalue weighted by molar-refractivity contribution is 0.0520. The highest BCUT2D eigenvalue weighted by molar-refractivity contribution is 8.01. The van der Waals surface area contributed by atoms with Gasteiger partial charge in [0.1, 0.15) is 0 Å². The molecule has 1 heterocycles. The summed E-state index contributed by atoms with van der Waals surface area (Å²) in [4.78, 5) is 16.2. The number of carbonyl (C=O) groups is 1. The maximum atomic E-state index is 11.8. The van der Waals surface area contributed by atoms with Crippen molar-refractivity contribution < 1.29 is 14.0 Å². The van der Waals surface area contributed by atoms with Crippen LogP contribution in [0.15, 0.2) is 40.1 Å². The monoisotopic (exact) mass is 549 g/mol. The lowest BCUT2D eigenvalue weighted by Gasteiger charge is -2.38. The van der Waals surface area contributed by atoms with E-state index < -0.39 is 8.32 Å². The second kappa shape index (κ2) is 14.1. The highest BCUT2D eigenvalue weighted by Crippen LogP contribution is 2.45. The van der Waals surface area contributed by atoms with Gasteiger partial charge in [0.25, 0.3) is 0 Å². The average molecular weight is 550 g/mol. The van der Waals surface area contributed by atoms with Crippen LogP contribution >= 0.6 is 23.1 Å². The summed E-state index contributed by atoms with van der Waals surface area (Å²) in [6.45, 7) is 21.6. The number of carbonyl (C=O) groups excluding carboxylic acids is 1. The summed E-state index contributed by atoms with van der Waals surface area (Å²) in [7, 11) is -1.71. The zero-order valence-electron chi connectivity index (χ0n) is 23.8. The lowest BCUT2D eigenvalue weighted by atomic mass is 9.86. The third kappa shape index (κ3) is 9.30. The van der Waals surface area contributed by atoms with E-state index in [1.165, 1.54) is 29.7 Å². The summed E-state index contributed by atoms with van der Waals surface area (Å²) in [6, 6.07) is 10.3. The maximum Gasteiger partial charge on any atom is 0.357 e. The minimum atomic E-state index is -1.71. The first-order chi connectivity index (χ1) is 16.9. The van der Waals surface area contributed by atoms with Crippen molar-refractivity contribution in [2.24, 2.45) is 23.7 Å². The number of benzene rings is 1. The third-order valence-electron chi connectivity index (χ3n) is 7.78. The molecule has 0 aliphatic heterocycles. The number of aromatic nitrogens is 1. The zero-order chi connectivity index (χ0) is 26.9. The SMILES string of the molecule is CCOC(=O)c1csc(SCC[C@@H]2[C@@H](CO[Si](C)(C)C(C)(C)C)[C@H](C)C[C@@H]2C)n1.Cc1ccccc1. The Labute approximate surface area is 229 Å². The Balaban J connectivity index is 0.000000558.